The average molecular weight is 345 g/mol. The molecule has 0 fully saturated rings. The zero-order valence-electron chi connectivity index (χ0n) is 14.4. The number of nitrogens with one attached hydrogen (secondary N) is 1. The number of hydrogen-bond donors (Lipinski definition) is 1. The lowest BCUT2D eigenvalue weighted by atomic mass is 10.0. The molecule has 0 bridgehead atoms. The maximum atomic E-state index is 4.70. The molecule has 0 radical (unpaired) electrons. The van der Waals surface area contributed by atoms with Gasteiger partial charge in [0.2, 0.25) is 0 Å². The quantitative estimate of drug-likeness (QED) is 0.767. The van der Waals surface area contributed by atoms with E-state index in [4.69, 9.17) is 4.98 Å². The van der Waals surface area contributed by atoms with Crippen molar-refractivity contribution in [3.8, 4) is 0 Å². The molecule has 1 aliphatic rings. The summed E-state index contributed by atoms with van der Waals surface area (Å²) in [6.07, 6.45) is 3.32. The van der Waals surface area contributed by atoms with E-state index >= 15 is 0 Å². The van der Waals surface area contributed by atoms with E-state index in [2.05, 4.69) is 46.5 Å². The van der Waals surface area contributed by atoms with E-state index in [1.54, 1.807) is 4.52 Å². The highest BCUT2D eigenvalue weighted by atomic mass is 32.1. The zero-order valence-corrected chi connectivity index (χ0v) is 15.2. The number of nitrogens with zero attached hydrogens (tertiary/aromatic N) is 6. The predicted octanol–water partition coefficient (Wildman–Crippen LogP) is 2.71. The second kappa shape index (κ2) is 6.25. The van der Waals surface area contributed by atoms with Crippen molar-refractivity contribution >= 4 is 33.1 Å². The Hall–Kier alpha value is -1.80. The van der Waals surface area contributed by atoms with Crippen molar-refractivity contribution in [3.05, 3.63) is 10.4 Å². The Morgan fingerprint density at radius 3 is 3.00 bits per heavy atom. The van der Waals surface area contributed by atoms with Crippen molar-refractivity contribution < 1.29 is 0 Å². The normalized spacial score (nSPS) is 16.6. The number of thiophene rings is 1. The van der Waals surface area contributed by atoms with Gasteiger partial charge >= 0.3 is 0 Å². The summed E-state index contributed by atoms with van der Waals surface area (Å²) in [6, 6.07) is 0.370. The lowest BCUT2D eigenvalue weighted by molar-refractivity contribution is 0.258. The molecule has 0 aliphatic carbocycles. The fraction of sp³-hybridized carbons (Fsp3) is 0.625. The van der Waals surface area contributed by atoms with E-state index in [0.29, 0.717) is 11.8 Å². The van der Waals surface area contributed by atoms with Crippen LogP contribution in [0.2, 0.25) is 0 Å². The molecule has 1 N–H and O–H groups in total. The Kier molecular flexibility index (Phi) is 4.09. The third kappa shape index (κ3) is 2.53. The largest absolute Gasteiger partial charge is 0.367 e. The van der Waals surface area contributed by atoms with Crippen LogP contribution in [-0.4, -0.2) is 49.1 Å². The monoisotopic (exact) mass is 345 g/mol. The summed E-state index contributed by atoms with van der Waals surface area (Å²) in [6.45, 7) is 9.89. The van der Waals surface area contributed by atoms with Gasteiger partial charge in [0.25, 0.3) is 5.78 Å². The van der Waals surface area contributed by atoms with Crippen LogP contribution < -0.4 is 5.32 Å². The van der Waals surface area contributed by atoms with E-state index in [-0.39, 0.29) is 0 Å². The minimum absolute atomic E-state index is 0.370. The van der Waals surface area contributed by atoms with Gasteiger partial charge in [0.05, 0.1) is 5.39 Å². The molecule has 4 heterocycles. The third-order valence-electron chi connectivity index (χ3n) is 4.75. The summed E-state index contributed by atoms with van der Waals surface area (Å²) in [4.78, 5) is 9.77. The van der Waals surface area contributed by atoms with Crippen molar-refractivity contribution in [2.24, 2.45) is 0 Å². The average Bonchev–Trinajstić information content (AvgIpc) is 3.18. The smallest absolute Gasteiger partial charge is 0.276 e. The molecule has 1 atom stereocenters. The SMILES string of the molecule is CCCN1CCc2c(sc3c2c(N[C@@H](C)CC)nc2nnnn23)C1. The fourth-order valence-corrected chi connectivity index (χ4v) is 4.66. The molecule has 0 spiro atoms. The topological polar surface area (TPSA) is 71.2 Å². The molecule has 7 nitrogen and oxygen atoms in total. The minimum atomic E-state index is 0.370. The molecule has 1 aliphatic heterocycles. The molecule has 0 unspecified atom stereocenters. The van der Waals surface area contributed by atoms with Crippen LogP contribution in [0.25, 0.3) is 16.0 Å². The van der Waals surface area contributed by atoms with Crippen LogP contribution in [0.5, 0.6) is 0 Å². The number of hydrogen-bond acceptors (Lipinski definition) is 7. The van der Waals surface area contributed by atoms with E-state index in [1.165, 1.54) is 22.2 Å². The van der Waals surface area contributed by atoms with Crippen molar-refractivity contribution in [2.45, 2.75) is 52.6 Å². The molecule has 0 amide bonds. The first kappa shape index (κ1) is 15.7. The Balaban J connectivity index is 1.88. The van der Waals surface area contributed by atoms with Crippen molar-refractivity contribution in [2.75, 3.05) is 18.4 Å². The van der Waals surface area contributed by atoms with Gasteiger partial charge in [-0.1, -0.05) is 18.9 Å². The lowest BCUT2D eigenvalue weighted by Gasteiger charge is -2.26. The van der Waals surface area contributed by atoms with Gasteiger partial charge in [-0.05, 0) is 48.7 Å². The van der Waals surface area contributed by atoms with Gasteiger partial charge in [0.15, 0.2) is 0 Å². The van der Waals surface area contributed by atoms with Crippen molar-refractivity contribution in [3.63, 3.8) is 0 Å². The van der Waals surface area contributed by atoms with Gasteiger partial charge in [-0.2, -0.15) is 9.50 Å². The van der Waals surface area contributed by atoms with E-state index in [1.807, 2.05) is 11.3 Å². The number of anilines is 1. The minimum Gasteiger partial charge on any atom is -0.367 e. The fourth-order valence-electron chi connectivity index (χ4n) is 3.32. The standard InChI is InChI=1S/C16H23N7S/c1-4-7-22-8-6-11-12(9-22)24-15-13(11)14(17-10(3)5-2)18-16-19-20-21-23(15)16/h10H,4-9H2,1-3H3,(H,17,18,19,21)/t10-/m0/s1. The highest BCUT2D eigenvalue weighted by molar-refractivity contribution is 7.19. The van der Waals surface area contributed by atoms with E-state index in [9.17, 15) is 0 Å². The molecule has 8 heteroatoms. The first-order valence-corrected chi connectivity index (χ1v) is 9.54. The van der Waals surface area contributed by atoms with Crippen molar-refractivity contribution in [1.82, 2.24) is 29.9 Å². The van der Waals surface area contributed by atoms with Crippen LogP contribution in [0.1, 0.15) is 44.1 Å². The van der Waals surface area contributed by atoms with Crippen molar-refractivity contribution in [1.29, 1.82) is 0 Å². The molecule has 4 rings (SSSR count). The number of tetrazole rings is 1. The first-order chi connectivity index (χ1) is 11.7. The molecule has 3 aromatic rings. The molecule has 0 saturated carbocycles. The van der Waals surface area contributed by atoms with Gasteiger partial charge in [-0.25, -0.2) is 0 Å². The van der Waals surface area contributed by atoms with E-state index in [0.717, 1.165) is 43.1 Å². The van der Waals surface area contributed by atoms with Gasteiger partial charge in [-0.3, -0.25) is 4.90 Å². The number of fused-ring (bicyclic) bond motifs is 5. The Morgan fingerprint density at radius 2 is 2.21 bits per heavy atom. The predicted molar refractivity (Wildman–Crippen MR) is 96.6 cm³/mol. The lowest BCUT2D eigenvalue weighted by Crippen LogP contribution is -2.30. The Bertz CT molecular complexity index is 868. The summed E-state index contributed by atoms with van der Waals surface area (Å²) in [5.41, 5.74) is 1.43. The van der Waals surface area contributed by atoms with E-state index < -0.39 is 0 Å². The molecular formula is C16H23N7S. The summed E-state index contributed by atoms with van der Waals surface area (Å²) >= 11 is 1.81. The summed E-state index contributed by atoms with van der Waals surface area (Å²) in [7, 11) is 0. The Morgan fingerprint density at radius 1 is 1.33 bits per heavy atom. The van der Waals surface area contributed by atoms with Crippen LogP contribution in [-0.2, 0) is 13.0 Å². The molecule has 24 heavy (non-hydrogen) atoms. The number of aromatic nitrogens is 5. The molecule has 3 aromatic heterocycles. The van der Waals surface area contributed by atoms with Gasteiger partial charge < -0.3 is 5.32 Å². The Labute approximate surface area is 145 Å². The summed E-state index contributed by atoms with van der Waals surface area (Å²) in [5, 5.41) is 16.8. The molecular weight excluding hydrogens is 322 g/mol. The summed E-state index contributed by atoms with van der Waals surface area (Å²) < 4.78 is 1.78. The summed E-state index contributed by atoms with van der Waals surface area (Å²) in [5.74, 6) is 1.50. The second-order valence-electron chi connectivity index (χ2n) is 6.51. The van der Waals surface area contributed by atoms with Crippen LogP contribution in [0.3, 0.4) is 0 Å². The molecule has 0 saturated heterocycles. The zero-order chi connectivity index (χ0) is 16.7. The van der Waals surface area contributed by atoms with Gasteiger partial charge in [0.1, 0.15) is 10.6 Å². The highest BCUT2D eigenvalue weighted by Crippen LogP contribution is 2.38. The van der Waals surface area contributed by atoms with Crippen LogP contribution in [0, 0.1) is 0 Å². The number of rotatable bonds is 5. The van der Waals surface area contributed by atoms with Gasteiger partial charge in [-0.15, -0.1) is 11.3 Å². The van der Waals surface area contributed by atoms with Gasteiger partial charge in [0, 0.05) is 24.0 Å². The molecule has 128 valence electrons. The molecule has 0 aromatic carbocycles. The second-order valence-corrected chi connectivity index (χ2v) is 7.60. The van der Waals surface area contributed by atoms with Crippen LogP contribution in [0.4, 0.5) is 5.82 Å². The maximum absolute atomic E-state index is 4.70. The highest BCUT2D eigenvalue weighted by Gasteiger charge is 2.25. The van der Waals surface area contributed by atoms with Crippen LogP contribution in [0.15, 0.2) is 0 Å². The first-order valence-electron chi connectivity index (χ1n) is 8.72. The maximum Gasteiger partial charge on any atom is 0.276 e. The third-order valence-corrected chi connectivity index (χ3v) is 5.94. The van der Waals surface area contributed by atoms with Crippen LogP contribution >= 0.6 is 11.3 Å².